The molecule has 0 radical (unpaired) electrons. The normalized spacial score (nSPS) is 12.2. The molecule has 1 atom stereocenters. The molecule has 0 amide bonds. The molecule has 0 saturated carbocycles. The van der Waals surface area contributed by atoms with Crippen molar-refractivity contribution in [2.75, 3.05) is 13.2 Å². The van der Waals surface area contributed by atoms with E-state index in [1.807, 2.05) is 0 Å². The Bertz CT molecular complexity index is 1340. The van der Waals surface area contributed by atoms with Gasteiger partial charge in [0.05, 0.1) is 0 Å². The van der Waals surface area contributed by atoms with Gasteiger partial charge < -0.3 is 14.2 Å². The molecule has 0 aromatic rings. The predicted molar refractivity (Wildman–Crippen MR) is 349 cm³/mol. The minimum absolute atomic E-state index is 0.0757. The summed E-state index contributed by atoms with van der Waals surface area (Å²) in [4.78, 5) is 38.4. The number of ether oxygens (including phenoxy) is 3. The van der Waals surface area contributed by atoms with Crippen LogP contribution in [0.3, 0.4) is 0 Å². The first kappa shape index (κ1) is 77.6. The Morgan fingerprint density at radius 2 is 0.487 bits per heavy atom. The van der Waals surface area contributed by atoms with Crippen molar-refractivity contribution in [3.63, 3.8) is 0 Å². The van der Waals surface area contributed by atoms with Crippen LogP contribution in [0.25, 0.3) is 0 Å². The van der Waals surface area contributed by atoms with Crippen LogP contribution >= 0.6 is 0 Å². The average Bonchev–Trinajstić information content (AvgIpc) is 3.46. The van der Waals surface area contributed by atoms with Crippen LogP contribution in [-0.4, -0.2) is 37.2 Å². The van der Waals surface area contributed by atoms with Crippen LogP contribution in [0.5, 0.6) is 0 Å². The highest BCUT2D eigenvalue weighted by atomic mass is 16.6. The summed E-state index contributed by atoms with van der Waals surface area (Å²) in [6.45, 7) is 6.59. The first-order chi connectivity index (χ1) is 39.5. The van der Waals surface area contributed by atoms with Gasteiger partial charge in [-0.1, -0.05) is 365 Å². The zero-order valence-corrected chi connectivity index (χ0v) is 54.1. The molecule has 0 saturated heterocycles. The monoisotopic (exact) mass is 1120 g/mol. The number of esters is 3. The van der Waals surface area contributed by atoms with E-state index in [0.717, 1.165) is 83.5 Å². The van der Waals surface area contributed by atoms with Crippen molar-refractivity contribution < 1.29 is 28.6 Å². The van der Waals surface area contributed by atoms with Crippen molar-refractivity contribution in [2.45, 2.75) is 406 Å². The third-order valence-electron chi connectivity index (χ3n) is 16.4. The second-order valence-corrected chi connectivity index (χ2v) is 24.5. The zero-order chi connectivity index (χ0) is 57.8. The molecule has 0 N–H and O–H groups in total. The molecule has 0 heterocycles. The topological polar surface area (TPSA) is 78.9 Å². The Hall–Kier alpha value is -2.37. The van der Waals surface area contributed by atoms with Gasteiger partial charge in [0.25, 0.3) is 0 Å². The molecule has 80 heavy (non-hydrogen) atoms. The predicted octanol–water partition coefficient (Wildman–Crippen LogP) is 24.7. The van der Waals surface area contributed by atoms with Gasteiger partial charge in [0.15, 0.2) is 6.10 Å². The summed E-state index contributed by atoms with van der Waals surface area (Å²) in [7, 11) is 0. The molecule has 6 heteroatoms. The number of allylic oxidation sites excluding steroid dienone is 6. The second kappa shape index (κ2) is 69.1. The summed E-state index contributed by atoms with van der Waals surface area (Å²) < 4.78 is 17.0. The van der Waals surface area contributed by atoms with Crippen LogP contribution in [0.4, 0.5) is 0 Å². The fourth-order valence-corrected chi connectivity index (χ4v) is 11.1. The van der Waals surface area contributed by atoms with Crippen LogP contribution in [-0.2, 0) is 28.6 Å². The molecule has 0 aliphatic rings. The molecule has 0 fully saturated rings. The largest absolute Gasteiger partial charge is 0.462 e. The Labute approximate surface area is 499 Å². The van der Waals surface area contributed by atoms with Crippen LogP contribution in [0.1, 0.15) is 400 Å². The zero-order valence-electron chi connectivity index (χ0n) is 54.1. The lowest BCUT2D eigenvalue weighted by Gasteiger charge is -2.18. The first-order valence-corrected chi connectivity index (χ1v) is 36.0. The summed E-state index contributed by atoms with van der Waals surface area (Å²) in [5.74, 6) is -0.876. The van der Waals surface area contributed by atoms with Crippen molar-refractivity contribution in [3.8, 4) is 0 Å². The van der Waals surface area contributed by atoms with Crippen LogP contribution in [0.2, 0.25) is 0 Å². The molecule has 0 aromatic heterocycles. The number of rotatable bonds is 67. The molecule has 0 aliphatic heterocycles. The summed E-state index contributed by atoms with van der Waals surface area (Å²) >= 11 is 0. The molecular weight excluding hydrogens is 985 g/mol. The van der Waals surface area contributed by atoms with E-state index in [1.165, 1.54) is 276 Å². The molecular formula is C74H138O6. The molecule has 470 valence electrons. The highest BCUT2D eigenvalue weighted by Gasteiger charge is 2.19. The lowest BCUT2D eigenvalue weighted by Crippen LogP contribution is -2.30. The third-order valence-corrected chi connectivity index (χ3v) is 16.4. The molecule has 0 rings (SSSR count). The van der Waals surface area contributed by atoms with Crippen LogP contribution in [0.15, 0.2) is 36.5 Å². The Morgan fingerprint density at radius 3 is 0.762 bits per heavy atom. The maximum atomic E-state index is 13.0. The van der Waals surface area contributed by atoms with Gasteiger partial charge in [-0.05, 0) is 51.4 Å². The maximum absolute atomic E-state index is 13.0. The van der Waals surface area contributed by atoms with E-state index in [9.17, 15) is 14.4 Å². The van der Waals surface area contributed by atoms with E-state index >= 15 is 0 Å². The number of hydrogen-bond donors (Lipinski definition) is 0. The van der Waals surface area contributed by atoms with Crippen molar-refractivity contribution in [2.24, 2.45) is 0 Å². The van der Waals surface area contributed by atoms with E-state index in [-0.39, 0.29) is 31.1 Å². The second-order valence-electron chi connectivity index (χ2n) is 24.5. The SMILES string of the molecule is CC/C=C\C/C=C\C/C=C\CCCCCC(=O)OCC(COC(=O)CCCCCCCCCCCCCCCCCCCCCCCCCCCC)OC(=O)CCCCCCCCCCCCCCCCCCCCCCCCC. The smallest absolute Gasteiger partial charge is 0.306 e. The third kappa shape index (κ3) is 66.4. The van der Waals surface area contributed by atoms with Crippen molar-refractivity contribution in [3.05, 3.63) is 36.5 Å². The number of carbonyl (C=O) groups is 3. The van der Waals surface area contributed by atoms with Gasteiger partial charge in [-0.15, -0.1) is 0 Å². The van der Waals surface area contributed by atoms with Gasteiger partial charge in [-0.2, -0.15) is 0 Å². The van der Waals surface area contributed by atoms with Gasteiger partial charge >= 0.3 is 17.9 Å². The van der Waals surface area contributed by atoms with E-state index in [0.29, 0.717) is 19.3 Å². The summed E-state index contributed by atoms with van der Waals surface area (Å²) in [5.41, 5.74) is 0. The Kier molecular flexibility index (Phi) is 67.1. The first-order valence-electron chi connectivity index (χ1n) is 36.0. The number of hydrogen-bond acceptors (Lipinski definition) is 6. The van der Waals surface area contributed by atoms with E-state index in [4.69, 9.17) is 14.2 Å². The van der Waals surface area contributed by atoms with Gasteiger partial charge in [-0.3, -0.25) is 14.4 Å². The highest BCUT2D eigenvalue weighted by molar-refractivity contribution is 5.71. The summed E-state index contributed by atoms with van der Waals surface area (Å²) in [6, 6.07) is 0. The van der Waals surface area contributed by atoms with Gasteiger partial charge in [-0.25, -0.2) is 0 Å². The fourth-order valence-electron chi connectivity index (χ4n) is 11.1. The summed E-state index contributed by atoms with van der Waals surface area (Å²) in [5, 5.41) is 0. The lowest BCUT2D eigenvalue weighted by molar-refractivity contribution is -0.167. The van der Waals surface area contributed by atoms with Crippen molar-refractivity contribution >= 4 is 17.9 Å². The van der Waals surface area contributed by atoms with E-state index < -0.39 is 6.10 Å². The molecule has 0 aromatic carbocycles. The van der Waals surface area contributed by atoms with E-state index in [1.54, 1.807) is 0 Å². The minimum Gasteiger partial charge on any atom is -0.462 e. The standard InChI is InChI=1S/C74H138O6/c1-4-7-10-13-16-19-22-25-27-29-31-33-35-36-37-39-40-42-44-46-49-52-55-58-61-64-67-73(76)79-70-71(69-78-72(75)66-63-60-57-54-51-48-24-21-18-15-12-9-6-3)80-74(77)68-65-62-59-56-53-50-47-45-43-41-38-34-32-30-28-26-23-20-17-14-11-8-5-2/h9,12,18,21,48,51,71H,4-8,10-11,13-17,19-20,22-47,49-50,52-70H2,1-3H3/b12-9-,21-18-,51-48-. The summed E-state index contributed by atoms with van der Waals surface area (Å²) in [6.07, 6.45) is 86.2. The van der Waals surface area contributed by atoms with E-state index in [2.05, 4.69) is 57.2 Å². The maximum Gasteiger partial charge on any atom is 0.306 e. The molecule has 0 bridgehead atoms. The lowest BCUT2D eigenvalue weighted by atomic mass is 10.0. The Morgan fingerprint density at radius 1 is 0.263 bits per heavy atom. The number of unbranched alkanes of at least 4 members (excludes halogenated alkanes) is 50. The van der Waals surface area contributed by atoms with Gasteiger partial charge in [0.1, 0.15) is 13.2 Å². The van der Waals surface area contributed by atoms with Crippen molar-refractivity contribution in [1.82, 2.24) is 0 Å². The molecule has 0 aliphatic carbocycles. The van der Waals surface area contributed by atoms with Gasteiger partial charge in [0.2, 0.25) is 0 Å². The minimum atomic E-state index is -0.782. The highest BCUT2D eigenvalue weighted by Crippen LogP contribution is 2.19. The number of carbonyl (C=O) groups excluding carboxylic acids is 3. The quantitative estimate of drug-likeness (QED) is 0.0261. The fraction of sp³-hybridized carbons (Fsp3) is 0.878. The Balaban J connectivity index is 4.20. The van der Waals surface area contributed by atoms with Crippen LogP contribution < -0.4 is 0 Å². The van der Waals surface area contributed by atoms with Gasteiger partial charge in [0, 0.05) is 19.3 Å². The molecule has 1 unspecified atom stereocenters. The molecule has 0 spiro atoms. The van der Waals surface area contributed by atoms with Crippen LogP contribution in [0, 0.1) is 0 Å². The molecule has 6 nitrogen and oxygen atoms in total. The van der Waals surface area contributed by atoms with Crippen molar-refractivity contribution in [1.29, 1.82) is 0 Å². The average molecular weight is 1120 g/mol.